The van der Waals surface area contributed by atoms with Crippen molar-refractivity contribution in [2.75, 3.05) is 20.7 Å². The highest BCUT2D eigenvalue weighted by atomic mass is 16.5. The third-order valence-corrected chi connectivity index (χ3v) is 4.00. The molecule has 2 rings (SSSR count). The second-order valence-corrected chi connectivity index (χ2v) is 5.52. The van der Waals surface area contributed by atoms with Gasteiger partial charge in [-0.2, -0.15) is 0 Å². The van der Waals surface area contributed by atoms with E-state index in [1.807, 2.05) is 0 Å². The van der Waals surface area contributed by atoms with Crippen LogP contribution >= 0.6 is 0 Å². The molecule has 1 heterocycles. The minimum absolute atomic E-state index is 0.325. The summed E-state index contributed by atoms with van der Waals surface area (Å²) in [5.41, 5.74) is 11.5. The van der Waals surface area contributed by atoms with Crippen molar-refractivity contribution in [3.63, 3.8) is 0 Å². The molecule has 3 heteroatoms. The van der Waals surface area contributed by atoms with Gasteiger partial charge in [-0.25, -0.2) is 0 Å². The number of nitrogens with two attached hydrogens (primary N) is 1. The number of ether oxygens (including phenoxy) is 1. The number of hydrogen-bond donors (Lipinski definition) is 1. The molecule has 1 atom stereocenters. The Balaban J connectivity index is 2.69. The van der Waals surface area contributed by atoms with E-state index in [1.54, 1.807) is 7.11 Å². The molecule has 2 N–H and O–H groups in total. The zero-order valence-electron chi connectivity index (χ0n) is 12.1. The number of rotatable bonds is 3. The summed E-state index contributed by atoms with van der Waals surface area (Å²) in [5.74, 6) is 1.46. The van der Waals surface area contributed by atoms with E-state index < -0.39 is 0 Å². The van der Waals surface area contributed by atoms with Crippen molar-refractivity contribution in [1.29, 1.82) is 0 Å². The van der Waals surface area contributed by atoms with Crippen LogP contribution in [0.2, 0.25) is 0 Å². The number of methoxy groups -OCH3 is 1. The standard InChI is InChI=1S/C15H24N2O/c1-9(2)14-13(18-5)6-10(3)11-8-17(4)12(7-16)15(11)14/h6,9,12H,7-8,16H2,1-5H3. The van der Waals surface area contributed by atoms with Gasteiger partial charge in [0.05, 0.1) is 7.11 Å². The third-order valence-electron chi connectivity index (χ3n) is 4.00. The number of benzene rings is 1. The van der Waals surface area contributed by atoms with Crippen LogP contribution in [0.5, 0.6) is 5.75 Å². The summed E-state index contributed by atoms with van der Waals surface area (Å²) >= 11 is 0. The SMILES string of the molecule is COc1cc(C)c2c(c1C(C)C)C(CN)N(C)C2. The summed E-state index contributed by atoms with van der Waals surface area (Å²) in [6.07, 6.45) is 0. The topological polar surface area (TPSA) is 38.5 Å². The van der Waals surface area contributed by atoms with E-state index in [0.29, 0.717) is 18.5 Å². The number of likely N-dealkylation sites (N-methyl/N-ethyl adjacent to an activating group) is 1. The van der Waals surface area contributed by atoms with Crippen LogP contribution in [0.25, 0.3) is 0 Å². The molecule has 1 aliphatic heterocycles. The van der Waals surface area contributed by atoms with E-state index in [-0.39, 0.29) is 0 Å². The van der Waals surface area contributed by atoms with E-state index in [2.05, 4.69) is 38.8 Å². The molecule has 3 nitrogen and oxygen atoms in total. The fourth-order valence-electron chi connectivity index (χ4n) is 3.10. The lowest BCUT2D eigenvalue weighted by Gasteiger charge is -2.23. The summed E-state index contributed by atoms with van der Waals surface area (Å²) in [4.78, 5) is 2.34. The van der Waals surface area contributed by atoms with Crippen LogP contribution in [-0.4, -0.2) is 25.6 Å². The molecule has 0 amide bonds. The molecule has 0 spiro atoms. The van der Waals surface area contributed by atoms with Gasteiger partial charge in [-0.05, 0) is 42.6 Å². The van der Waals surface area contributed by atoms with E-state index >= 15 is 0 Å². The average molecular weight is 248 g/mol. The first-order valence-electron chi connectivity index (χ1n) is 6.61. The fraction of sp³-hybridized carbons (Fsp3) is 0.600. The van der Waals surface area contributed by atoms with Crippen molar-refractivity contribution in [1.82, 2.24) is 4.90 Å². The van der Waals surface area contributed by atoms with Crippen LogP contribution in [0.15, 0.2) is 6.07 Å². The van der Waals surface area contributed by atoms with Gasteiger partial charge in [-0.1, -0.05) is 13.8 Å². The van der Waals surface area contributed by atoms with Crippen molar-refractivity contribution >= 4 is 0 Å². The van der Waals surface area contributed by atoms with Crippen LogP contribution < -0.4 is 10.5 Å². The number of aryl methyl sites for hydroxylation is 1. The number of fused-ring (bicyclic) bond motifs is 1. The summed E-state index contributed by atoms with van der Waals surface area (Å²) in [6.45, 7) is 8.26. The highest BCUT2D eigenvalue weighted by Gasteiger charge is 2.32. The smallest absolute Gasteiger partial charge is 0.122 e. The van der Waals surface area contributed by atoms with Gasteiger partial charge in [-0.15, -0.1) is 0 Å². The first kappa shape index (κ1) is 13.4. The molecule has 18 heavy (non-hydrogen) atoms. The van der Waals surface area contributed by atoms with Crippen molar-refractivity contribution in [2.45, 2.75) is 39.3 Å². The Morgan fingerprint density at radius 3 is 2.67 bits per heavy atom. The molecular formula is C15H24N2O. The van der Waals surface area contributed by atoms with Gasteiger partial charge in [0.25, 0.3) is 0 Å². The first-order valence-corrected chi connectivity index (χ1v) is 6.61. The third kappa shape index (κ3) is 1.91. The Morgan fingerprint density at radius 2 is 2.17 bits per heavy atom. The summed E-state index contributed by atoms with van der Waals surface area (Å²) < 4.78 is 5.58. The largest absolute Gasteiger partial charge is 0.496 e. The van der Waals surface area contributed by atoms with Crippen LogP contribution in [0, 0.1) is 6.92 Å². The van der Waals surface area contributed by atoms with Crippen LogP contribution in [0.3, 0.4) is 0 Å². The lowest BCUT2D eigenvalue weighted by molar-refractivity contribution is 0.272. The summed E-state index contributed by atoms with van der Waals surface area (Å²) in [6, 6.07) is 2.49. The summed E-state index contributed by atoms with van der Waals surface area (Å²) in [5, 5.41) is 0. The van der Waals surface area contributed by atoms with Crippen molar-refractivity contribution in [2.24, 2.45) is 5.73 Å². The maximum Gasteiger partial charge on any atom is 0.122 e. The first-order chi connectivity index (χ1) is 8.51. The Bertz CT molecular complexity index is 454. The van der Waals surface area contributed by atoms with Gasteiger partial charge in [0, 0.05) is 24.7 Å². The molecule has 100 valence electrons. The highest BCUT2D eigenvalue weighted by Crippen LogP contribution is 2.43. The van der Waals surface area contributed by atoms with Gasteiger partial charge in [0.1, 0.15) is 5.75 Å². The summed E-state index contributed by atoms with van der Waals surface area (Å²) in [7, 11) is 3.90. The maximum atomic E-state index is 5.97. The highest BCUT2D eigenvalue weighted by molar-refractivity contribution is 5.54. The van der Waals surface area contributed by atoms with Crippen LogP contribution in [0.4, 0.5) is 0 Å². The van der Waals surface area contributed by atoms with Crippen molar-refractivity contribution in [3.05, 3.63) is 28.3 Å². The minimum atomic E-state index is 0.325. The lowest BCUT2D eigenvalue weighted by atomic mass is 9.88. The van der Waals surface area contributed by atoms with Gasteiger partial charge < -0.3 is 10.5 Å². The van der Waals surface area contributed by atoms with Crippen molar-refractivity contribution in [3.8, 4) is 5.75 Å². The second-order valence-electron chi connectivity index (χ2n) is 5.52. The predicted octanol–water partition coefficient (Wildman–Crippen LogP) is 2.57. The molecule has 0 aliphatic carbocycles. The molecule has 0 bridgehead atoms. The van der Waals surface area contributed by atoms with Crippen molar-refractivity contribution < 1.29 is 4.74 Å². The van der Waals surface area contributed by atoms with Crippen LogP contribution in [-0.2, 0) is 6.54 Å². The second kappa shape index (κ2) is 4.90. The molecule has 1 aliphatic rings. The molecule has 0 aromatic heterocycles. The molecule has 0 radical (unpaired) electrons. The van der Waals surface area contributed by atoms with Crippen LogP contribution in [0.1, 0.15) is 48.1 Å². The molecule has 0 saturated carbocycles. The molecule has 1 unspecified atom stereocenters. The Kier molecular flexibility index (Phi) is 3.64. The Hall–Kier alpha value is -1.06. The normalized spacial score (nSPS) is 19.4. The predicted molar refractivity (Wildman–Crippen MR) is 75.1 cm³/mol. The zero-order valence-corrected chi connectivity index (χ0v) is 12.1. The Labute approximate surface area is 110 Å². The van der Waals surface area contributed by atoms with Gasteiger partial charge in [-0.3, -0.25) is 4.90 Å². The number of nitrogens with zero attached hydrogens (tertiary/aromatic N) is 1. The maximum absolute atomic E-state index is 5.97. The van der Waals surface area contributed by atoms with Gasteiger partial charge >= 0.3 is 0 Å². The van der Waals surface area contributed by atoms with E-state index in [0.717, 1.165) is 12.3 Å². The van der Waals surface area contributed by atoms with Gasteiger partial charge in [0.15, 0.2) is 0 Å². The van der Waals surface area contributed by atoms with Gasteiger partial charge in [0.2, 0.25) is 0 Å². The molecule has 1 aromatic rings. The zero-order chi connectivity index (χ0) is 13.4. The molecule has 0 saturated heterocycles. The fourth-order valence-corrected chi connectivity index (χ4v) is 3.10. The van der Waals surface area contributed by atoms with E-state index in [9.17, 15) is 0 Å². The molecule has 0 fully saturated rings. The monoisotopic (exact) mass is 248 g/mol. The van der Waals surface area contributed by atoms with E-state index in [4.69, 9.17) is 10.5 Å². The minimum Gasteiger partial charge on any atom is -0.496 e. The number of hydrogen-bond acceptors (Lipinski definition) is 3. The molecule has 1 aromatic carbocycles. The Morgan fingerprint density at radius 1 is 1.50 bits per heavy atom. The quantitative estimate of drug-likeness (QED) is 0.893. The van der Waals surface area contributed by atoms with E-state index in [1.165, 1.54) is 22.3 Å². The average Bonchev–Trinajstić information content (AvgIpc) is 2.65. The lowest BCUT2D eigenvalue weighted by Crippen LogP contribution is -2.24. The molecular weight excluding hydrogens is 224 g/mol.